The van der Waals surface area contributed by atoms with Crippen molar-refractivity contribution in [2.75, 3.05) is 34.9 Å². The fourth-order valence-electron chi connectivity index (χ4n) is 2.11. The van der Waals surface area contributed by atoms with Gasteiger partial charge in [0.2, 0.25) is 0 Å². The molecule has 1 aromatic carbocycles. The van der Waals surface area contributed by atoms with Crippen LogP contribution in [0.1, 0.15) is 18.1 Å². The van der Waals surface area contributed by atoms with Crippen LogP contribution >= 0.6 is 0 Å². The molecule has 0 amide bonds. The molecule has 0 bridgehead atoms. The molecule has 1 atom stereocenters. The molecule has 2 N–H and O–H groups in total. The molecule has 5 nitrogen and oxygen atoms in total. The highest BCUT2D eigenvalue weighted by Crippen LogP contribution is 2.12. The van der Waals surface area contributed by atoms with Gasteiger partial charge in [-0.05, 0) is 38.7 Å². The number of rotatable bonds is 7. The van der Waals surface area contributed by atoms with Crippen molar-refractivity contribution < 1.29 is 9.13 Å². The summed E-state index contributed by atoms with van der Waals surface area (Å²) in [5.41, 5.74) is 1.71. The Labute approximate surface area is 132 Å². The standard InChI is InChI=1S/C16H27FN4O/c1-12(11-22-5)20-16(18-2)19-9-13-6-7-15(17)14(8-13)10-21(3)4/h6-8,12H,9-11H2,1-5H3,(H2,18,19,20). The second kappa shape index (κ2) is 9.38. The third-order valence-electron chi connectivity index (χ3n) is 3.08. The van der Waals surface area contributed by atoms with E-state index in [1.807, 2.05) is 32.0 Å². The minimum atomic E-state index is -0.173. The van der Waals surface area contributed by atoms with Crippen LogP contribution in [0.3, 0.4) is 0 Å². The molecule has 0 aliphatic rings. The first kappa shape index (κ1) is 18.4. The van der Waals surface area contributed by atoms with Crippen LogP contribution in [0.15, 0.2) is 23.2 Å². The number of hydrogen-bond acceptors (Lipinski definition) is 3. The Kier molecular flexibility index (Phi) is 7.84. The van der Waals surface area contributed by atoms with Crippen LogP contribution in [0.2, 0.25) is 0 Å². The normalized spacial score (nSPS) is 13.3. The summed E-state index contributed by atoms with van der Waals surface area (Å²) in [7, 11) is 7.23. The van der Waals surface area contributed by atoms with Crippen molar-refractivity contribution >= 4 is 5.96 Å². The van der Waals surface area contributed by atoms with E-state index in [1.54, 1.807) is 20.2 Å². The Bertz CT molecular complexity index is 491. The zero-order valence-corrected chi connectivity index (χ0v) is 14.1. The summed E-state index contributed by atoms with van der Waals surface area (Å²) < 4.78 is 18.8. The number of nitrogens with one attached hydrogen (secondary N) is 2. The van der Waals surface area contributed by atoms with Crippen LogP contribution in [0.5, 0.6) is 0 Å². The third kappa shape index (κ3) is 6.41. The molecule has 124 valence electrons. The lowest BCUT2D eigenvalue weighted by Crippen LogP contribution is -2.43. The minimum absolute atomic E-state index is 0.161. The number of benzene rings is 1. The van der Waals surface area contributed by atoms with Gasteiger partial charge in [0.05, 0.1) is 6.61 Å². The van der Waals surface area contributed by atoms with Gasteiger partial charge in [-0.1, -0.05) is 6.07 Å². The molecule has 0 saturated carbocycles. The molecule has 1 aromatic rings. The van der Waals surface area contributed by atoms with Crippen molar-refractivity contribution in [3.63, 3.8) is 0 Å². The number of ether oxygens (including phenoxy) is 1. The van der Waals surface area contributed by atoms with E-state index in [0.717, 1.165) is 5.56 Å². The second-order valence-corrected chi connectivity index (χ2v) is 5.59. The molecule has 0 fully saturated rings. The van der Waals surface area contributed by atoms with Crippen molar-refractivity contribution in [2.24, 2.45) is 4.99 Å². The molecule has 0 saturated heterocycles. The van der Waals surface area contributed by atoms with Gasteiger partial charge in [-0.25, -0.2) is 4.39 Å². The van der Waals surface area contributed by atoms with Crippen molar-refractivity contribution in [3.8, 4) is 0 Å². The predicted octanol–water partition coefficient (Wildman–Crippen LogP) is 1.59. The van der Waals surface area contributed by atoms with E-state index >= 15 is 0 Å². The van der Waals surface area contributed by atoms with Crippen molar-refractivity contribution in [2.45, 2.75) is 26.1 Å². The molecule has 0 radical (unpaired) electrons. The first-order valence-electron chi connectivity index (χ1n) is 7.34. The predicted molar refractivity (Wildman–Crippen MR) is 88.5 cm³/mol. The maximum Gasteiger partial charge on any atom is 0.191 e. The molecule has 6 heteroatoms. The van der Waals surface area contributed by atoms with Gasteiger partial charge >= 0.3 is 0 Å². The number of aliphatic imine (C=N–C) groups is 1. The molecule has 0 aliphatic carbocycles. The zero-order chi connectivity index (χ0) is 16.5. The van der Waals surface area contributed by atoms with E-state index in [2.05, 4.69) is 15.6 Å². The van der Waals surface area contributed by atoms with E-state index in [-0.39, 0.29) is 11.9 Å². The third-order valence-corrected chi connectivity index (χ3v) is 3.08. The van der Waals surface area contributed by atoms with Gasteiger partial charge < -0.3 is 20.3 Å². The van der Waals surface area contributed by atoms with Crippen LogP contribution in [-0.4, -0.2) is 51.8 Å². The Hall–Kier alpha value is -1.66. The fourth-order valence-corrected chi connectivity index (χ4v) is 2.11. The molecule has 0 heterocycles. The van der Waals surface area contributed by atoms with E-state index in [1.165, 1.54) is 6.07 Å². The highest BCUT2D eigenvalue weighted by atomic mass is 19.1. The van der Waals surface area contributed by atoms with Crippen LogP contribution in [0.4, 0.5) is 4.39 Å². The molecule has 0 spiro atoms. The summed E-state index contributed by atoms with van der Waals surface area (Å²) in [5.74, 6) is 0.525. The van der Waals surface area contributed by atoms with Crippen LogP contribution in [0, 0.1) is 5.82 Å². The number of methoxy groups -OCH3 is 1. The largest absolute Gasteiger partial charge is 0.383 e. The first-order valence-corrected chi connectivity index (χ1v) is 7.34. The molecular weight excluding hydrogens is 283 g/mol. The lowest BCUT2D eigenvalue weighted by atomic mass is 10.1. The van der Waals surface area contributed by atoms with Gasteiger partial charge in [0.25, 0.3) is 0 Å². The van der Waals surface area contributed by atoms with Crippen LogP contribution < -0.4 is 10.6 Å². The first-order chi connectivity index (χ1) is 10.5. The monoisotopic (exact) mass is 310 g/mol. The number of hydrogen-bond donors (Lipinski definition) is 2. The Morgan fingerprint density at radius 1 is 1.41 bits per heavy atom. The number of guanidine groups is 1. The number of nitrogens with zero attached hydrogens (tertiary/aromatic N) is 2. The SMILES string of the molecule is CN=C(NCc1ccc(F)c(CN(C)C)c1)NC(C)COC. The van der Waals surface area contributed by atoms with Crippen LogP contribution in [-0.2, 0) is 17.8 Å². The minimum Gasteiger partial charge on any atom is -0.383 e. The topological polar surface area (TPSA) is 48.9 Å². The second-order valence-electron chi connectivity index (χ2n) is 5.59. The highest BCUT2D eigenvalue weighted by Gasteiger charge is 2.07. The summed E-state index contributed by atoms with van der Waals surface area (Å²) in [4.78, 5) is 6.12. The average molecular weight is 310 g/mol. The van der Waals surface area contributed by atoms with E-state index in [9.17, 15) is 4.39 Å². The lowest BCUT2D eigenvalue weighted by Gasteiger charge is -2.17. The quantitative estimate of drug-likeness (QED) is 0.593. The molecule has 0 aromatic heterocycles. The van der Waals surface area contributed by atoms with Crippen molar-refractivity contribution in [1.29, 1.82) is 0 Å². The van der Waals surface area contributed by atoms with Gasteiger partial charge in [0.1, 0.15) is 5.82 Å². The molecule has 0 aliphatic heterocycles. The molecular formula is C16H27FN4O. The Balaban J connectivity index is 2.63. The zero-order valence-electron chi connectivity index (χ0n) is 14.1. The maximum atomic E-state index is 13.8. The van der Waals surface area contributed by atoms with Crippen molar-refractivity contribution in [3.05, 3.63) is 35.1 Å². The number of halogens is 1. The smallest absolute Gasteiger partial charge is 0.191 e. The van der Waals surface area contributed by atoms with E-state index in [4.69, 9.17) is 4.74 Å². The van der Waals surface area contributed by atoms with Gasteiger partial charge in [-0.15, -0.1) is 0 Å². The summed E-state index contributed by atoms with van der Waals surface area (Å²) in [6.45, 7) is 3.78. The maximum absolute atomic E-state index is 13.8. The van der Waals surface area contributed by atoms with Crippen molar-refractivity contribution in [1.82, 2.24) is 15.5 Å². The summed E-state index contributed by atoms with van der Waals surface area (Å²) in [6.07, 6.45) is 0. The van der Waals surface area contributed by atoms with Gasteiger partial charge in [-0.3, -0.25) is 4.99 Å². The average Bonchev–Trinajstić information content (AvgIpc) is 2.46. The highest BCUT2D eigenvalue weighted by molar-refractivity contribution is 5.79. The Morgan fingerprint density at radius 3 is 2.73 bits per heavy atom. The summed E-state index contributed by atoms with van der Waals surface area (Å²) in [5, 5.41) is 6.45. The lowest BCUT2D eigenvalue weighted by molar-refractivity contribution is 0.179. The molecule has 1 rings (SSSR count). The fraction of sp³-hybridized carbons (Fsp3) is 0.562. The van der Waals surface area contributed by atoms with E-state index in [0.29, 0.717) is 31.2 Å². The molecule has 22 heavy (non-hydrogen) atoms. The Morgan fingerprint density at radius 2 is 2.14 bits per heavy atom. The summed E-state index contributed by atoms with van der Waals surface area (Å²) in [6, 6.07) is 5.34. The summed E-state index contributed by atoms with van der Waals surface area (Å²) >= 11 is 0. The van der Waals surface area contributed by atoms with Crippen LogP contribution in [0.25, 0.3) is 0 Å². The van der Waals surface area contributed by atoms with Gasteiger partial charge in [0, 0.05) is 38.9 Å². The molecule has 1 unspecified atom stereocenters. The van der Waals surface area contributed by atoms with E-state index < -0.39 is 0 Å². The van der Waals surface area contributed by atoms with Gasteiger partial charge in [-0.2, -0.15) is 0 Å². The van der Waals surface area contributed by atoms with Gasteiger partial charge in [0.15, 0.2) is 5.96 Å².